The van der Waals surface area contributed by atoms with Crippen LogP contribution in [0.25, 0.3) is 5.69 Å². The van der Waals surface area contributed by atoms with Crippen LogP contribution in [0.15, 0.2) is 64.6 Å². The molecule has 4 heterocycles. The summed E-state index contributed by atoms with van der Waals surface area (Å²) in [5, 5.41) is 0.580. The lowest BCUT2D eigenvalue weighted by Crippen LogP contribution is -2.22. The summed E-state index contributed by atoms with van der Waals surface area (Å²) in [4.78, 5) is 24.9. The minimum atomic E-state index is -0.132. The molecule has 3 aromatic rings. The van der Waals surface area contributed by atoms with Crippen molar-refractivity contribution in [2.45, 2.75) is 58.5 Å². The molecule has 1 saturated heterocycles. The van der Waals surface area contributed by atoms with Gasteiger partial charge in [0.1, 0.15) is 12.4 Å². The van der Waals surface area contributed by atoms with Crippen LogP contribution in [-0.4, -0.2) is 39.8 Å². The quantitative estimate of drug-likeness (QED) is 0.329. The van der Waals surface area contributed by atoms with E-state index in [1.54, 1.807) is 23.0 Å². The first-order valence-corrected chi connectivity index (χ1v) is 13.9. The van der Waals surface area contributed by atoms with Crippen LogP contribution in [0.2, 0.25) is 5.02 Å². The summed E-state index contributed by atoms with van der Waals surface area (Å²) in [6.07, 6.45) is 11.5. The van der Waals surface area contributed by atoms with E-state index in [1.165, 1.54) is 56.2 Å². The molecule has 0 radical (unpaired) electrons. The molecule has 7 heteroatoms. The number of pyridine rings is 2. The smallest absolute Gasteiger partial charge is 0.258 e. The van der Waals surface area contributed by atoms with Gasteiger partial charge in [0, 0.05) is 29.9 Å². The molecule has 1 fully saturated rings. The zero-order chi connectivity index (χ0) is 25.6. The van der Waals surface area contributed by atoms with Crippen LogP contribution >= 0.6 is 11.6 Å². The maximum Gasteiger partial charge on any atom is 0.258 e. The fraction of sp³-hybridized carbons (Fsp3) is 0.433. The Labute approximate surface area is 224 Å². The second kappa shape index (κ2) is 12.1. The summed E-state index contributed by atoms with van der Waals surface area (Å²) in [6, 6.07) is 13.1. The molecule has 1 atom stereocenters. The third-order valence-electron chi connectivity index (χ3n) is 7.50. The van der Waals surface area contributed by atoms with E-state index in [4.69, 9.17) is 21.3 Å². The molecule has 1 unspecified atom stereocenters. The van der Waals surface area contributed by atoms with Crippen molar-refractivity contribution in [3.8, 4) is 11.4 Å². The molecular formula is C30H35ClN4O2. The van der Waals surface area contributed by atoms with Crippen molar-refractivity contribution in [2.24, 2.45) is 10.9 Å². The normalized spacial score (nSPS) is 17.8. The van der Waals surface area contributed by atoms with Crippen LogP contribution in [0.1, 0.15) is 56.7 Å². The number of aromatic nitrogens is 2. The third kappa shape index (κ3) is 6.49. The Hall–Kier alpha value is -2.96. The average Bonchev–Trinajstić information content (AvgIpc) is 3.36. The van der Waals surface area contributed by atoms with Gasteiger partial charge < -0.3 is 9.64 Å². The Morgan fingerprint density at radius 3 is 2.73 bits per heavy atom. The van der Waals surface area contributed by atoms with E-state index in [2.05, 4.69) is 28.9 Å². The van der Waals surface area contributed by atoms with Crippen LogP contribution < -0.4 is 10.3 Å². The number of benzene rings is 1. The lowest BCUT2D eigenvalue weighted by Gasteiger charge is -2.18. The summed E-state index contributed by atoms with van der Waals surface area (Å²) < 4.78 is 7.43. The highest BCUT2D eigenvalue weighted by molar-refractivity contribution is 6.30. The van der Waals surface area contributed by atoms with Crippen molar-refractivity contribution in [1.29, 1.82) is 0 Å². The molecule has 5 rings (SSSR count). The van der Waals surface area contributed by atoms with Crippen LogP contribution in [-0.2, 0) is 13.0 Å². The van der Waals surface area contributed by atoms with Crippen LogP contribution in [0, 0.1) is 5.92 Å². The highest BCUT2D eigenvalue weighted by Crippen LogP contribution is 2.32. The number of nitrogens with zero attached hydrogens (tertiary/aromatic N) is 4. The van der Waals surface area contributed by atoms with E-state index in [0.29, 0.717) is 16.7 Å². The summed E-state index contributed by atoms with van der Waals surface area (Å²) in [5.41, 5.74) is 5.09. The van der Waals surface area contributed by atoms with Gasteiger partial charge in [-0.25, -0.2) is 0 Å². The topological polar surface area (TPSA) is 59.7 Å². The number of aliphatic imine (C=N–C) groups is 1. The van der Waals surface area contributed by atoms with Gasteiger partial charge in [-0.05, 0) is 112 Å². The monoisotopic (exact) mass is 518 g/mol. The van der Waals surface area contributed by atoms with Crippen LogP contribution in [0.4, 0.5) is 5.69 Å². The van der Waals surface area contributed by atoms with Gasteiger partial charge in [0.25, 0.3) is 5.56 Å². The predicted octanol–water partition coefficient (Wildman–Crippen LogP) is 6.39. The number of ether oxygens (including phenoxy) is 1. The molecule has 0 amide bonds. The zero-order valence-electron chi connectivity index (χ0n) is 21.5. The fourth-order valence-corrected chi connectivity index (χ4v) is 5.49. The molecule has 0 aliphatic carbocycles. The predicted molar refractivity (Wildman–Crippen MR) is 150 cm³/mol. The highest BCUT2D eigenvalue weighted by atomic mass is 35.5. The van der Waals surface area contributed by atoms with E-state index in [0.717, 1.165) is 42.8 Å². The molecule has 0 saturated carbocycles. The minimum absolute atomic E-state index is 0.132. The molecule has 0 bridgehead atoms. The van der Waals surface area contributed by atoms with Gasteiger partial charge in [-0.15, -0.1) is 0 Å². The first-order valence-electron chi connectivity index (χ1n) is 13.5. The number of likely N-dealkylation sites (tertiary alicyclic amines) is 1. The number of hydrogen-bond acceptors (Lipinski definition) is 5. The molecule has 194 valence electrons. The highest BCUT2D eigenvalue weighted by Gasteiger charge is 2.20. The Morgan fingerprint density at radius 1 is 1.11 bits per heavy atom. The number of fused-ring (bicyclic) bond motifs is 1. The van der Waals surface area contributed by atoms with Crippen LogP contribution in [0.3, 0.4) is 0 Å². The first-order chi connectivity index (χ1) is 18.1. The van der Waals surface area contributed by atoms with Gasteiger partial charge in [0.05, 0.1) is 16.4 Å². The fourth-order valence-electron chi connectivity index (χ4n) is 5.38. The molecule has 0 spiro atoms. The average molecular weight is 519 g/mol. The summed E-state index contributed by atoms with van der Waals surface area (Å²) in [5.74, 6) is 1.05. The number of rotatable bonds is 9. The number of hydrogen-bond donors (Lipinski definition) is 0. The molecule has 0 N–H and O–H groups in total. The van der Waals surface area contributed by atoms with Crippen molar-refractivity contribution < 1.29 is 4.74 Å². The first kappa shape index (κ1) is 25.7. The minimum Gasteiger partial charge on any atom is -0.487 e. The second-order valence-corrected chi connectivity index (χ2v) is 10.5. The van der Waals surface area contributed by atoms with Crippen molar-refractivity contribution >= 4 is 23.0 Å². The van der Waals surface area contributed by atoms with Crippen molar-refractivity contribution in [1.82, 2.24) is 14.5 Å². The van der Waals surface area contributed by atoms with Gasteiger partial charge in [0.2, 0.25) is 0 Å². The Balaban J connectivity index is 1.28. The van der Waals surface area contributed by atoms with E-state index >= 15 is 0 Å². The number of aryl methyl sites for hydroxylation is 1. The molecule has 1 aromatic carbocycles. The lowest BCUT2D eigenvalue weighted by molar-refractivity contribution is 0.300. The molecule has 6 nitrogen and oxygen atoms in total. The Bertz CT molecular complexity index is 1300. The molecule has 2 aromatic heterocycles. The molecule has 2 aliphatic heterocycles. The van der Waals surface area contributed by atoms with E-state index in [1.807, 2.05) is 18.2 Å². The van der Waals surface area contributed by atoms with Gasteiger partial charge in [-0.2, -0.15) is 0 Å². The van der Waals surface area contributed by atoms with E-state index < -0.39 is 0 Å². The van der Waals surface area contributed by atoms with E-state index in [-0.39, 0.29) is 12.2 Å². The summed E-state index contributed by atoms with van der Waals surface area (Å²) in [6.45, 7) is 6.23. The molecular weight excluding hydrogens is 484 g/mol. The lowest BCUT2D eigenvalue weighted by atomic mass is 9.91. The standard InChI is InChI=1S/C30H35ClN4O2/c1-2-22-7-8-23-18-26(11-12-29(23)33-28(22)6-5-16-34-14-3-4-15-34)35-17-13-27(19-30(35)36)37-21-25-10-9-24(31)20-32-25/h9-13,17-20,22H,2-8,14-16,21H2,1H3. The van der Waals surface area contributed by atoms with E-state index in [9.17, 15) is 4.79 Å². The van der Waals surface area contributed by atoms with Gasteiger partial charge in [-0.3, -0.25) is 19.3 Å². The van der Waals surface area contributed by atoms with Gasteiger partial charge in [-0.1, -0.05) is 18.5 Å². The third-order valence-corrected chi connectivity index (χ3v) is 7.73. The van der Waals surface area contributed by atoms with Crippen LogP contribution in [0.5, 0.6) is 5.75 Å². The maximum absolute atomic E-state index is 12.9. The van der Waals surface area contributed by atoms with Gasteiger partial charge >= 0.3 is 0 Å². The van der Waals surface area contributed by atoms with Crippen molar-refractivity contribution in [2.75, 3.05) is 19.6 Å². The largest absolute Gasteiger partial charge is 0.487 e. The maximum atomic E-state index is 12.9. The molecule has 37 heavy (non-hydrogen) atoms. The summed E-state index contributed by atoms with van der Waals surface area (Å²) in [7, 11) is 0. The van der Waals surface area contributed by atoms with Gasteiger partial charge in [0.15, 0.2) is 0 Å². The SMILES string of the molecule is CCC1CCc2cc(-n3ccc(OCc4ccc(Cl)cn4)cc3=O)ccc2N=C1CCCN1CCCC1. The van der Waals surface area contributed by atoms with Crippen molar-refractivity contribution in [3.63, 3.8) is 0 Å². The Kier molecular flexibility index (Phi) is 8.37. The summed E-state index contributed by atoms with van der Waals surface area (Å²) >= 11 is 5.89. The molecule has 2 aliphatic rings. The second-order valence-electron chi connectivity index (χ2n) is 10.0. The zero-order valence-corrected chi connectivity index (χ0v) is 22.3. The number of halogens is 1. The Morgan fingerprint density at radius 2 is 1.97 bits per heavy atom. The van der Waals surface area contributed by atoms with Crippen molar-refractivity contribution in [3.05, 3.63) is 81.5 Å².